The smallest absolute Gasteiger partial charge is 0.549 e. The van der Waals surface area contributed by atoms with E-state index in [4.69, 9.17) is 0 Å². The van der Waals surface area contributed by atoms with Crippen molar-refractivity contribution in [1.29, 1.82) is 0 Å². The van der Waals surface area contributed by atoms with E-state index in [0.29, 0.717) is 0 Å². The number of carbonyl (C=O) groups excluding carboxylic acids is 4. The van der Waals surface area contributed by atoms with Crippen molar-refractivity contribution in [3.05, 3.63) is 0 Å². The minimum absolute atomic E-state index is 0. The van der Waals surface area contributed by atoms with Gasteiger partial charge in [0.05, 0.1) is 23.9 Å². The molecular weight excluding hydrogens is 477 g/mol. The maximum atomic E-state index is 10.4. The van der Waals surface area contributed by atoms with Crippen LogP contribution in [0.15, 0.2) is 0 Å². The number of aliphatic carboxylic acids is 4. The minimum Gasteiger partial charge on any atom is -0.549 e. The molecule has 0 N–H and O–H groups in total. The molecule has 0 aliphatic rings. The molecule has 0 rings (SSSR count). The first kappa shape index (κ1) is 22.0. The van der Waals surface area contributed by atoms with Crippen LogP contribution in [0.2, 0.25) is 0 Å². The number of rotatable bonds is 11. The number of hydrogen-bond acceptors (Lipinski definition) is 10. The van der Waals surface area contributed by atoms with Crippen LogP contribution in [0.3, 0.4) is 0 Å². The molecule has 0 aromatic carbocycles. The number of hydrogen-bond donors (Lipinski definition) is 0. The fourth-order valence-electron chi connectivity index (χ4n) is 1.44. The first-order chi connectivity index (χ1) is 9.20. The third-order valence-corrected chi connectivity index (χ3v) is 2.14. The third kappa shape index (κ3) is 13.5. The first-order valence-electron chi connectivity index (χ1n) is 5.44. The Labute approximate surface area is 140 Å². The van der Waals surface area contributed by atoms with Crippen LogP contribution in [0, 0.1) is 0 Å². The van der Waals surface area contributed by atoms with Crippen LogP contribution < -0.4 is 20.4 Å². The molecule has 21 heavy (non-hydrogen) atoms. The number of carboxylic acids is 4. The summed E-state index contributed by atoms with van der Waals surface area (Å²) in [6.45, 7) is -3.25. The van der Waals surface area contributed by atoms with Crippen LogP contribution in [0.5, 0.6) is 0 Å². The van der Waals surface area contributed by atoms with Crippen LogP contribution in [-0.4, -0.2) is 72.9 Å². The third-order valence-electron chi connectivity index (χ3n) is 2.14. The fraction of sp³-hybridized carbons (Fsp3) is 0.600. The van der Waals surface area contributed by atoms with E-state index in [9.17, 15) is 39.6 Å². The molecule has 0 atom stereocenters. The topological polar surface area (TPSA) is 167 Å². The Hall–Kier alpha value is -1.26. The van der Waals surface area contributed by atoms with Gasteiger partial charge in [0.1, 0.15) is 0 Å². The zero-order valence-corrected chi connectivity index (χ0v) is 16.6. The predicted molar refractivity (Wildman–Crippen MR) is 52.9 cm³/mol. The van der Waals surface area contributed by atoms with Gasteiger partial charge in [0, 0.05) is 39.3 Å². The van der Waals surface area contributed by atoms with Gasteiger partial charge in [0.2, 0.25) is 0 Å². The molecule has 0 aliphatic heterocycles. The summed E-state index contributed by atoms with van der Waals surface area (Å²) in [6.07, 6.45) is 0. The average Bonchev–Trinajstić information content (AvgIpc) is 2.22. The average molecular weight is 489 g/mol. The fourth-order valence-corrected chi connectivity index (χ4v) is 1.44. The second-order valence-electron chi connectivity index (χ2n) is 3.91. The van der Waals surface area contributed by atoms with Gasteiger partial charge in [-0.1, -0.05) is 0 Å². The zero-order chi connectivity index (χ0) is 15.7. The van der Waals surface area contributed by atoms with E-state index in [2.05, 4.69) is 0 Å². The standard InChI is InChI=1S/C10H16N2O8.Hg/c13-7(14)3-11(4-8(15)16)1-2-12(5-9(17)18)6-10(19)20;/h1-6H2,(H,13,14)(H,15,16)(H,17,18)(H,19,20);/q;+4/p-4. The normalized spacial score (nSPS) is 10.2. The second-order valence-corrected chi connectivity index (χ2v) is 3.91. The zero-order valence-electron chi connectivity index (χ0n) is 11.1. The maximum Gasteiger partial charge on any atom is 4.00 e. The first-order valence-corrected chi connectivity index (χ1v) is 5.44. The van der Waals surface area contributed by atoms with Gasteiger partial charge in [-0.15, -0.1) is 0 Å². The maximum absolute atomic E-state index is 10.4. The van der Waals surface area contributed by atoms with E-state index < -0.39 is 50.1 Å². The Morgan fingerprint density at radius 3 is 0.905 bits per heavy atom. The summed E-state index contributed by atoms with van der Waals surface area (Å²) in [4.78, 5) is 43.4. The molecule has 0 aromatic rings. The SMILES string of the molecule is O=C([O-])CN(CCN(CC(=O)[O-])CC(=O)[O-])CC(=O)[O-].[Hg+4]. The van der Waals surface area contributed by atoms with Crippen molar-refractivity contribution in [2.75, 3.05) is 39.3 Å². The molecule has 0 fully saturated rings. The molecule has 0 aromatic heterocycles. The van der Waals surface area contributed by atoms with E-state index in [1.807, 2.05) is 0 Å². The Morgan fingerprint density at radius 2 is 0.762 bits per heavy atom. The van der Waals surface area contributed by atoms with Crippen molar-refractivity contribution in [2.24, 2.45) is 0 Å². The molecular formula is C10H12HgN2O8. The van der Waals surface area contributed by atoms with Crippen molar-refractivity contribution in [1.82, 2.24) is 9.80 Å². The molecule has 11 heteroatoms. The van der Waals surface area contributed by atoms with E-state index >= 15 is 0 Å². The predicted octanol–water partition coefficient (Wildman–Crippen LogP) is -7.41. The van der Waals surface area contributed by atoms with Crippen LogP contribution in [0.1, 0.15) is 0 Å². The molecule has 0 bridgehead atoms. The molecule has 10 nitrogen and oxygen atoms in total. The largest absolute Gasteiger partial charge is 4.00 e. The second kappa shape index (κ2) is 11.4. The number of carboxylic acid groups (broad SMARTS) is 4. The van der Waals surface area contributed by atoms with Gasteiger partial charge >= 0.3 is 27.7 Å². The van der Waals surface area contributed by atoms with E-state index in [1.165, 1.54) is 0 Å². The Balaban J connectivity index is 0. The Bertz CT molecular complexity index is 321. The van der Waals surface area contributed by atoms with Gasteiger partial charge in [-0.2, -0.15) is 0 Å². The number of nitrogens with zero attached hydrogens (tertiary/aromatic N) is 2. The summed E-state index contributed by atoms with van der Waals surface area (Å²) < 4.78 is 0. The molecule has 0 saturated heterocycles. The molecule has 0 spiro atoms. The van der Waals surface area contributed by atoms with Gasteiger partial charge in [0.15, 0.2) is 0 Å². The van der Waals surface area contributed by atoms with Crippen LogP contribution >= 0.6 is 0 Å². The van der Waals surface area contributed by atoms with Gasteiger partial charge in [-0.3, -0.25) is 9.80 Å². The number of carbonyl (C=O) groups is 4. The quantitative estimate of drug-likeness (QED) is 0.255. The molecule has 0 saturated carbocycles. The van der Waals surface area contributed by atoms with Gasteiger partial charge in [-0.05, 0) is 0 Å². The van der Waals surface area contributed by atoms with Crippen LogP contribution in [0.25, 0.3) is 0 Å². The molecule has 0 aliphatic carbocycles. The van der Waals surface area contributed by atoms with Crippen LogP contribution in [-0.2, 0) is 46.8 Å². The van der Waals surface area contributed by atoms with Gasteiger partial charge in [-0.25, -0.2) is 0 Å². The van der Waals surface area contributed by atoms with E-state index in [0.717, 1.165) is 9.80 Å². The summed E-state index contributed by atoms with van der Waals surface area (Å²) in [6, 6.07) is 0. The van der Waals surface area contributed by atoms with E-state index in [1.54, 1.807) is 0 Å². The van der Waals surface area contributed by atoms with Crippen molar-refractivity contribution in [2.45, 2.75) is 0 Å². The molecule has 0 heterocycles. The monoisotopic (exact) mass is 490 g/mol. The van der Waals surface area contributed by atoms with Gasteiger partial charge in [0.25, 0.3) is 0 Å². The van der Waals surface area contributed by atoms with E-state index in [-0.39, 0.29) is 40.8 Å². The van der Waals surface area contributed by atoms with Crippen molar-refractivity contribution < 1.29 is 67.3 Å². The summed E-state index contributed by atoms with van der Waals surface area (Å²) >= 11 is 0. The Kier molecular flexibility index (Phi) is 12.0. The van der Waals surface area contributed by atoms with Gasteiger partial charge < -0.3 is 39.6 Å². The van der Waals surface area contributed by atoms with Crippen molar-refractivity contribution in [3.63, 3.8) is 0 Å². The summed E-state index contributed by atoms with van der Waals surface area (Å²) in [5.74, 6) is -6.12. The summed E-state index contributed by atoms with van der Waals surface area (Å²) in [5, 5.41) is 41.6. The molecule has 0 unspecified atom stereocenters. The summed E-state index contributed by atoms with van der Waals surface area (Å²) in [5.41, 5.74) is 0. The molecule has 112 valence electrons. The molecule has 0 amide bonds. The molecule has 0 radical (unpaired) electrons. The summed E-state index contributed by atoms with van der Waals surface area (Å²) in [7, 11) is 0. The van der Waals surface area contributed by atoms with Crippen molar-refractivity contribution >= 4 is 23.9 Å². The Morgan fingerprint density at radius 1 is 0.571 bits per heavy atom. The van der Waals surface area contributed by atoms with Crippen LogP contribution in [0.4, 0.5) is 0 Å². The van der Waals surface area contributed by atoms with Crippen molar-refractivity contribution in [3.8, 4) is 0 Å². The minimum atomic E-state index is -1.53.